The Morgan fingerprint density at radius 1 is 1.15 bits per heavy atom. The molecule has 3 nitrogen and oxygen atoms in total. The maximum Gasteiger partial charge on any atom is 0.123 e. The fourth-order valence-electron chi connectivity index (χ4n) is 5.85. The highest BCUT2D eigenvalue weighted by molar-refractivity contribution is 5.14. The Morgan fingerprint density at radius 3 is 2.15 bits per heavy atom. The summed E-state index contributed by atoms with van der Waals surface area (Å²) < 4.78 is 0. The predicted molar refractivity (Wildman–Crippen MR) is 80.2 cm³/mol. The minimum atomic E-state index is 0.0960. The quantitative estimate of drug-likeness (QED) is 0.883. The first-order valence-electron chi connectivity index (χ1n) is 8.32. The van der Waals surface area contributed by atoms with Crippen LogP contribution in [0.3, 0.4) is 0 Å². The Labute approximate surface area is 121 Å². The number of nitrogens with one attached hydrogen (secondary N) is 1. The summed E-state index contributed by atoms with van der Waals surface area (Å²) in [4.78, 5) is 8.02. The monoisotopic (exact) mass is 273 g/mol. The summed E-state index contributed by atoms with van der Waals surface area (Å²) in [6.07, 6.45) is 9.97. The van der Waals surface area contributed by atoms with Crippen molar-refractivity contribution in [3.63, 3.8) is 0 Å². The highest BCUT2D eigenvalue weighted by atomic mass is 15.0. The van der Waals surface area contributed by atoms with Gasteiger partial charge in [-0.25, -0.2) is 4.98 Å². The number of rotatable bonds is 3. The van der Waals surface area contributed by atoms with E-state index < -0.39 is 0 Å². The molecule has 4 saturated carbocycles. The van der Waals surface area contributed by atoms with Crippen molar-refractivity contribution in [3.8, 4) is 0 Å². The summed E-state index contributed by atoms with van der Waals surface area (Å²) >= 11 is 0. The highest BCUT2D eigenvalue weighted by Crippen LogP contribution is 2.62. The van der Waals surface area contributed by atoms with Gasteiger partial charge in [-0.2, -0.15) is 0 Å². The van der Waals surface area contributed by atoms with Crippen molar-refractivity contribution in [1.82, 2.24) is 9.97 Å². The van der Waals surface area contributed by atoms with E-state index in [1.54, 1.807) is 0 Å². The summed E-state index contributed by atoms with van der Waals surface area (Å²) in [6.45, 7) is 4.15. The lowest BCUT2D eigenvalue weighted by Gasteiger charge is -2.57. The molecule has 1 aromatic heterocycles. The molecule has 1 atom stereocenters. The van der Waals surface area contributed by atoms with Crippen molar-refractivity contribution in [2.24, 2.45) is 28.9 Å². The molecule has 4 bridgehead atoms. The molecule has 4 fully saturated rings. The van der Waals surface area contributed by atoms with E-state index in [0.29, 0.717) is 5.41 Å². The van der Waals surface area contributed by atoms with Crippen LogP contribution < -0.4 is 5.73 Å². The lowest BCUT2D eigenvalue weighted by Crippen LogP contribution is -2.47. The second-order valence-electron chi connectivity index (χ2n) is 8.06. The van der Waals surface area contributed by atoms with Gasteiger partial charge in [-0.3, -0.25) is 0 Å². The number of aromatic nitrogens is 2. The van der Waals surface area contributed by atoms with Crippen molar-refractivity contribution in [3.05, 3.63) is 17.2 Å². The summed E-state index contributed by atoms with van der Waals surface area (Å²) in [5.74, 6) is 4.03. The Kier molecular flexibility index (Phi) is 2.79. The smallest absolute Gasteiger partial charge is 0.123 e. The molecule has 0 saturated heterocycles. The van der Waals surface area contributed by atoms with Crippen LogP contribution in [0.25, 0.3) is 0 Å². The van der Waals surface area contributed by atoms with Crippen LogP contribution in [0.15, 0.2) is 0 Å². The molecule has 0 aliphatic heterocycles. The molecule has 1 unspecified atom stereocenters. The number of aryl methyl sites for hydroxylation is 2. The fourth-order valence-corrected chi connectivity index (χ4v) is 5.85. The van der Waals surface area contributed by atoms with Crippen LogP contribution >= 0.6 is 0 Å². The third kappa shape index (κ3) is 2.02. The molecule has 1 heterocycles. The number of hydrogen-bond donors (Lipinski definition) is 2. The molecule has 0 radical (unpaired) electrons. The predicted octanol–water partition coefficient (Wildman–Crippen LogP) is 3.63. The van der Waals surface area contributed by atoms with Crippen LogP contribution in [0.2, 0.25) is 0 Å². The topological polar surface area (TPSA) is 54.7 Å². The van der Waals surface area contributed by atoms with Crippen molar-refractivity contribution < 1.29 is 0 Å². The molecule has 4 aliphatic rings. The van der Waals surface area contributed by atoms with Crippen molar-refractivity contribution in [1.29, 1.82) is 0 Å². The van der Waals surface area contributed by atoms with E-state index in [2.05, 4.69) is 23.8 Å². The third-order valence-electron chi connectivity index (χ3n) is 6.32. The first-order valence-corrected chi connectivity index (χ1v) is 8.32. The van der Waals surface area contributed by atoms with Gasteiger partial charge < -0.3 is 10.7 Å². The summed E-state index contributed by atoms with van der Waals surface area (Å²) in [5.41, 5.74) is 9.31. The zero-order valence-corrected chi connectivity index (χ0v) is 12.8. The minimum absolute atomic E-state index is 0.0960. The van der Waals surface area contributed by atoms with Crippen LogP contribution in [-0.2, 0) is 0 Å². The van der Waals surface area contributed by atoms with Crippen LogP contribution in [0.4, 0.5) is 0 Å². The molecule has 4 aliphatic carbocycles. The van der Waals surface area contributed by atoms with E-state index in [0.717, 1.165) is 35.7 Å². The van der Waals surface area contributed by atoms with Gasteiger partial charge in [-0.15, -0.1) is 0 Å². The average molecular weight is 273 g/mol. The second-order valence-corrected chi connectivity index (χ2v) is 8.06. The van der Waals surface area contributed by atoms with E-state index in [9.17, 15) is 0 Å². The highest BCUT2D eigenvalue weighted by Gasteiger charge is 2.51. The second kappa shape index (κ2) is 4.33. The fraction of sp³-hybridized carbons (Fsp3) is 0.824. The molecular formula is C17H27N3. The van der Waals surface area contributed by atoms with Gasteiger partial charge in [-0.1, -0.05) is 0 Å². The Balaban J connectivity index is 1.53. The molecule has 5 rings (SSSR count). The number of H-pyrrole nitrogens is 1. The van der Waals surface area contributed by atoms with E-state index in [4.69, 9.17) is 5.73 Å². The first-order chi connectivity index (χ1) is 9.53. The van der Waals surface area contributed by atoms with Crippen LogP contribution in [0.1, 0.15) is 68.2 Å². The molecular weight excluding hydrogens is 246 g/mol. The molecule has 3 N–H and O–H groups in total. The van der Waals surface area contributed by atoms with Crippen LogP contribution in [0, 0.1) is 37.0 Å². The van der Waals surface area contributed by atoms with Crippen LogP contribution in [-0.4, -0.2) is 9.97 Å². The lowest BCUT2D eigenvalue weighted by atomic mass is 9.48. The molecule has 1 aromatic rings. The third-order valence-corrected chi connectivity index (χ3v) is 6.32. The van der Waals surface area contributed by atoms with Gasteiger partial charge in [0.2, 0.25) is 0 Å². The summed E-state index contributed by atoms with van der Waals surface area (Å²) in [6, 6.07) is 0.0960. The Hall–Kier alpha value is -0.830. The minimum Gasteiger partial charge on any atom is -0.345 e. The van der Waals surface area contributed by atoms with Crippen molar-refractivity contribution >= 4 is 0 Å². The molecule has 20 heavy (non-hydrogen) atoms. The normalized spacial score (nSPS) is 40.2. The van der Waals surface area contributed by atoms with E-state index in [1.165, 1.54) is 44.2 Å². The Morgan fingerprint density at radius 2 is 1.70 bits per heavy atom. The standard InChI is InChI=1S/C17H27N3/c1-10-11(2)20-16(19-10)15(18)9-17-6-12-3-13(7-17)5-14(4-12)8-17/h12-15H,3-9,18H2,1-2H3,(H,19,20). The van der Waals surface area contributed by atoms with Crippen molar-refractivity contribution in [2.45, 2.75) is 64.8 Å². The van der Waals surface area contributed by atoms with Gasteiger partial charge in [-0.05, 0) is 82.0 Å². The van der Waals surface area contributed by atoms with E-state index >= 15 is 0 Å². The number of hydrogen-bond acceptors (Lipinski definition) is 2. The van der Waals surface area contributed by atoms with E-state index in [1.807, 2.05) is 0 Å². The molecule has 0 spiro atoms. The zero-order valence-electron chi connectivity index (χ0n) is 12.8. The van der Waals surface area contributed by atoms with Gasteiger partial charge in [0.1, 0.15) is 5.82 Å². The zero-order chi connectivity index (χ0) is 13.9. The Bertz CT molecular complexity index is 462. The lowest BCUT2D eigenvalue weighted by molar-refractivity contribution is -0.0608. The number of nitrogens with zero attached hydrogens (tertiary/aromatic N) is 1. The van der Waals surface area contributed by atoms with Crippen LogP contribution in [0.5, 0.6) is 0 Å². The van der Waals surface area contributed by atoms with Gasteiger partial charge in [0.15, 0.2) is 0 Å². The number of aromatic amines is 1. The number of nitrogens with two attached hydrogens (primary N) is 1. The van der Waals surface area contributed by atoms with Gasteiger partial charge >= 0.3 is 0 Å². The molecule has 3 heteroatoms. The summed E-state index contributed by atoms with van der Waals surface area (Å²) in [7, 11) is 0. The average Bonchev–Trinajstić information content (AvgIpc) is 2.67. The first kappa shape index (κ1) is 12.9. The van der Waals surface area contributed by atoms with Crippen molar-refractivity contribution in [2.75, 3.05) is 0 Å². The van der Waals surface area contributed by atoms with E-state index in [-0.39, 0.29) is 6.04 Å². The number of imidazole rings is 1. The van der Waals surface area contributed by atoms with Gasteiger partial charge in [0.05, 0.1) is 11.7 Å². The van der Waals surface area contributed by atoms with Gasteiger partial charge in [0.25, 0.3) is 0 Å². The van der Waals surface area contributed by atoms with Gasteiger partial charge in [0, 0.05) is 5.69 Å². The maximum atomic E-state index is 6.50. The molecule has 0 aromatic carbocycles. The molecule has 110 valence electrons. The maximum absolute atomic E-state index is 6.50. The summed E-state index contributed by atoms with van der Waals surface area (Å²) in [5, 5.41) is 0. The largest absolute Gasteiger partial charge is 0.345 e. The SMILES string of the molecule is Cc1nc(C(N)CC23CC4CC(CC(C4)C2)C3)[nH]c1C. The molecule has 0 amide bonds.